The lowest BCUT2D eigenvalue weighted by Crippen LogP contribution is -2.57. The number of rotatable bonds is 3. The molecular formula is C15H20F2N4O3. The number of benzene rings is 1. The van der Waals surface area contributed by atoms with Gasteiger partial charge < -0.3 is 15.1 Å². The average molecular weight is 342 g/mol. The molecule has 1 saturated heterocycles. The normalized spacial score (nSPS) is 19.6. The molecule has 9 heteroatoms. The average Bonchev–Trinajstić information content (AvgIpc) is 2.68. The van der Waals surface area contributed by atoms with Gasteiger partial charge in [0, 0.05) is 19.7 Å². The summed E-state index contributed by atoms with van der Waals surface area (Å²) >= 11 is 0. The third kappa shape index (κ3) is 2.75. The summed E-state index contributed by atoms with van der Waals surface area (Å²) in [5.41, 5.74) is -1.35. The summed E-state index contributed by atoms with van der Waals surface area (Å²) in [5.74, 6) is -1.53. The van der Waals surface area contributed by atoms with Crippen LogP contribution in [0.4, 0.5) is 18.4 Å². The van der Waals surface area contributed by atoms with Crippen molar-refractivity contribution in [3.05, 3.63) is 35.4 Å². The fourth-order valence-corrected chi connectivity index (χ4v) is 2.96. The molecule has 2 rings (SSSR count). The fraction of sp³-hybridized carbons (Fsp3) is 0.467. The Morgan fingerprint density at radius 3 is 2.42 bits per heavy atom. The Labute approximate surface area is 138 Å². The van der Waals surface area contributed by atoms with Crippen LogP contribution in [-0.4, -0.2) is 57.9 Å². The molecule has 0 bridgehead atoms. The van der Waals surface area contributed by atoms with Gasteiger partial charge in [0.15, 0.2) is 6.17 Å². The van der Waals surface area contributed by atoms with Crippen LogP contribution in [0.3, 0.4) is 0 Å². The minimum atomic E-state index is -1.10. The number of hydrogen-bond donors (Lipinski definition) is 2. The number of hydrogen-bond acceptors (Lipinski definition) is 3. The summed E-state index contributed by atoms with van der Waals surface area (Å²) in [6.07, 6.45) is -1.03. The van der Waals surface area contributed by atoms with Gasteiger partial charge >= 0.3 is 12.1 Å². The predicted octanol–water partition coefficient (Wildman–Crippen LogP) is 1.97. The molecular weight excluding hydrogens is 322 g/mol. The summed E-state index contributed by atoms with van der Waals surface area (Å²) < 4.78 is 27.8. The second-order valence-electron chi connectivity index (χ2n) is 6.11. The lowest BCUT2D eigenvalue weighted by molar-refractivity contribution is -0.129. The van der Waals surface area contributed by atoms with Crippen molar-refractivity contribution in [1.29, 1.82) is 0 Å². The first-order valence-corrected chi connectivity index (χ1v) is 7.30. The summed E-state index contributed by atoms with van der Waals surface area (Å²) in [6, 6.07) is 2.09. The first-order chi connectivity index (χ1) is 11.1. The molecule has 1 aliphatic rings. The Bertz CT molecular complexity index is 648. The minimum Gasteiger partial charge on any atom is -0.339 e. The molecule has 0 saturated carbocycles. The molecule has 0 spiro atoms. The van der Waals surface area contributed by atoms with Crippen molar-refractivity contribution in [1.82, 2.24) is 20.2 Å². The highest BCUT2D eigenvalue weighted by atomic mass is 19.1. The first-order valence-electron chi connectivity index (χ1n) is 7.30. The van der Waals surface area contributed by atoms with Gasteiger partial charge in [0.2, 0.25) is 0 Å². The van der Waals surface area contributed by atoms with Gasteiger partial charge in [0.1, 0.15) is 11.6 Å². The number of urea groups is 2. The van der Waals surface area contributed by atoms with Crippen LogP contribution >= 0.6 is 0 Å². The molecule has 0 aliphatic carbocycles. The standard InChI is InChI=1S/C15H20F2N4O3/c1-15(2)12(21(24)13(22)18-3)19(4)14(23)20(15)8-9-10(16)6-5-7-11(9)17/h5-7,12,24H,8H2,1-4H3,(H,18,22). The van der Waals surface area contributed by atoms with Gasteiger partial charge in [-0.2, -0.15) is 5.06 Å². The zero-order valence-electron chi connectivity index (χ0n) is 13.9. The van der Waals surface area contributed by atoms with Gasteiger partial charge in [-0.1, -0.05) is 6.07 Å². The van der Waals surface area contributed by atoms with Gasteiger partial charge in [-0.15, -0.1) is 0 Å². The first kappa shape index (κ1) is 17.9. The van der Waals surface area contributed by atoms with Crippen LogP contribution in [0.2, 0.25) is 0 Å². The fourth-order valence-electron chi connectivity index (χ4n) is 2.96. The summed E-state index contributed by atoms with van der Waals surface area (Å²) in [6.45, 7) is 2.88. The number of likely N-dealkylation sites (N-methyl/N-ethyl adjacent to an activating group) is 1. The molecule has 0 radical (unpaired) electrons. The van der Waals surface area contributed by atoms with E-state index in [1.807, 2.05) is 0 Å². The molecule has 132 valence electrons. The molecule has 24 heavy (non-hydrogen) atoms. The van der Waals surface area contributed by atoms with E-state index in [9.17, 15) is 23.6 Å². The van der Waals surface area contributed by atoms with E-state index in [1.165, 1.54) is 25.1 Å². The quantitative estimate of drug-likeness (QED) is 0.651. The van der Waals surface area contributed by atoms with E-state index in [2.05, 4.69) is 5.32 Å². The molecule has 1 atom stereocenters. The highest BCUT2D eigenvalue weighted by Crippen LogP contribution is 2.35. The van der Waals surface area contributed by atoms with Crippen LogP contribution < -0.4 is 5.32 Å². The van der Waals surface area contributed by atoms with Gasteiger partial charge in [-0.05, 0) is 26.0 Å². The van der Waals surface area contributed by atoms with E-state index >= 15 is 0 Å². The molecule has 1 aromatic carbocycles. The summed E-state index contributed by atoms with van der Waals surface area (Å²) in [7, 11) is 2.74. The molecule has 4 amide bonds. The van der Waals surface area contributed by atoms with Crippen LogP contribution in [0.25, 0.3) is 0 Å². The van der Waals surface area contributed by atoms with E-state index in [1.54, 1.807) is 13.8 Å². The zero-order chi connectivity index (χ0) is 18.2. The number of halogens is 2. The third-order valence-electron chi connectivity index (χ3n) is 4.26. The second-order valence-corrected chi connectivity index (χ2v) is 6.11. The Hall–Kier alpha value is -2.42. The predicted molar refractivity (Wildman–Crippen MR) is 81.0 cm³/mol. The Morgan fingerprint density at radius 1 is 1.38 bits per heavy atom. The Balaban J connectivity index is 2.38. The van der Waals surface area contributed by atoms with Gasteiger partial charge in [-0.25, -0.2) is 18.4 Å². The molecule has 7 nitrogen and oxygen atoms in total. The molecule has 0 aromatic heterocycles. The van der Waals surface area contributed by atoms with Crippen molar-refractivity contribution >= 4 is 12.1 Å². The lowest BCUT2D eigenvalue weighted by atomic mass is 9.99. The van der Waals surface area contributed by atoms with Crippen molar-refractivity contribution in [2.75, 3.05) is 14.1 Å². The molecule has 1 unspecified atom stereocenters. The van der Waals surface area contributed by atoms with E-state index < -0.39 is 35.4 Å². The molecule has 1 aliphatic heterocycles. The largest absolute Gasteiger partial charge is 0.342 e. The van der Waals surface area contributed by atoms with Gasteiger partial charge in [0.25, 0.3) is 0 Å². The van der Waals surface area contributed by atoms with Gasteiger partial charge in [0.05, 0.1) is 12.1 Å². The molecule has 2 N–H and O–H groups in total. The number of nitrogens with zero attached hydrogens (tertiary/aromatic N) is 3. The third-order valence-corrected chi connectivity index (χ3v) is 4.26. The van der Waals surface area contributed by atoms with E-state index in [0.29, 0.717) is 5.06 Å². The van der Waals surface area contributed by atoms with Crippen molar-refractivity contribution in [3.8, 4) is 0 Å². The van der Waals surface area contributed by atoms with Crippen LogP contribution in [0.1, 0.15) is 19.4 Å². The minimum absolute atomic E-state index is 0.252. The molecule has 1 fully saturated rings. The van der Waals surface area contributed by atoms with Crippen LogP contribution in [0.15, 0.2) is 18.2 Å². The second kappa shape index (κ2) is 6.23. The number of nitrogens with one attached hydrogen (secondary N) is 1. The smallest absolute Gasteiger partial charge is 0.339 e. The van der Waals surface area contributed by atoms with E-state index in [0.717, 1.165) is 17.0 Å². The zero-order valence-corrected chi connectivity index (χ0v) is 13.9. The monoisotopic (exact) mass is 342 g/mol. The summed E-state index contributed by atoms with van der Waals surface area (Å²) in [4.78, 5) is 26.6. The molecule has 1 heterocycles. The Morgan fingerprint density at radius 2 is 1.92 bits per heavy atom. The van der Waals surface area contributed by atoms with Crippen molar-refractivity contribution in [3.63, 3.8) is 0 Å². The number of carbonyl (C=O) groups excluding carboxylic acids is 2. The lowest BCUT2D eigenvalue weighted by Gasteiger charge is -2.37. The topological polar surface area (TPSA) is 76.1 Å². The molecule has 1 aromatic rings. The highest BCUT2D eigenvalue weighted by molar-refractivity contribution is 5.80. The van der Waals surface area contributed by atoms with Crippen LogP contribution in [0.5, 0.6) is 0 Å². The maximum absolute atomic E-state index is 13.9. The van der Waals surface area contributed by atoms with Gasteiger partial charge in [-0.3, -0.25) is 5.21 Å². The number of amides is 4. The highest BCUT2D eigenvalue weighted by Gasteiger charge is 2.54. The maximum Gasteiger partial charge on any atom is 0.342 e. The SMILES string of the molecule is CNC(=O)N(O)C1N(C)C(=O)N(Cc2c(F)cccc2F)C1(C)C. The van der Waals surface area contributed by atoms with E-state index in [-0.39, 0.29) is 12.1 Å². The number of carbonyl (C=O) groups is 2. The number of hydroxylamine groups is 2. The van der Waals surface area contributed by atoms with Crippen molar-refractivity contribution in [2.45, 2.75) is 32.1 Å². The Kier molecular flexibility index (Phi) is 4.66. The summed E-state index contributed by atoms with van der Waals surface area (Å²) in [5, 5.41) is 12.7. The van der Waals surface area contributed by atoms with Crippen molar-refractivity contribution < 1.29 is 23.6 Å². The maximum atomic E-state index is 13.9. The van der Waals surface area contributed by atoms with Crippen LogP contribution in [0, 0.1) is 11.6 Å². The van der Waals surface area contributed by atoms with E-state index in [4.69, 9.17) is 0 Å². The van der Waals surface area contributed by atoms with Crippen LogP contribution in [-0.2, 0) is 6.54 Å². The van der Waals surface area contributed by atoms with Crippen molar-refractivity contribution in [2.24, 2.45) is 0 Å².